The first-order chi connectivity index (χ1) is 13.4. The number of hydrogen-bond donors (Lipinski definition) is 1. The van der Waals surface area contributed by atoms with Gasteiger partial charge in [-0.15, -0.1) is 0 Å². The van der Waals surface area contributed by atoms with Crippen LogP contribution in [0.3, 0.4) is 0 Å². The zero-order valence-corrected chi connectivity index (χ0v) is 15.1. The lowest BCUT2D eigenvalue weighted by Crippen LogP contribution is -2.15. The van der Waals surface area contributed by atoms with Crippen LogP contribution in [0.5, 0.6) is 0 Å². The van der Waals surface area contributed by atoms with Crippen LogP contribution in [-0.4, -0.2) is 21.5 Å². The van der Waals surface area contributed by atoms with E-state index in [0.29, 0.717) is 29.8 Å². The van der Waals surface area contributed by atoms with Gasteiger partial charge in [0.2, 0.25) is 0 Å². The maximum Gasteiger partial charge on any atom is 0.276 e. The molecule has 5 nitrogen and oxygen atoms in total. The third-order valence-electron chi connectivity index (χ3n) is 4.82. The molecule has 4 rings (SSSR count). The minimum Gasteiger partial charge on any atom is -0.321 e. The molecule has 1 aromatic heterocycles. The Balaban J connectivity index is 1.69. The van der Waals surface area contributed by atoms with Gasteiger partial charge in [-0.1, -0.05) is 12.1 Å². The molecule has 1 amide bonds. The number of halogens is 2. The van der Waals surface area contributed by atoms with Crippen LogP contribution in [0.25, 0.3) is 5.69 Å². The molecule has 0 saturated heterocycles. The Bertz CT molecular complexity index is 1110. The van der Waals surface area contributed by atoms with E-state index in [1.54, 1.807) is 24.3 Å². The lowest BCUT2D eigenvalue weighted by atomic mass is 10.1. The molecular weight excluding hydrogens is 364 g/mol. The molecule has 7 heteroatoms. The van der Waals surface area contributed by atoms with Crippen molar-refractivity contribution >= 4 is 17.4 Å². The first-order valence-electron chi connectivity index (χ1n) is 8.92. The molecule has 1 N–H and O–H groups in total. The summed E-state index contributed by atoms with van der Waals surface area (Å²) in [6.07, 6.45) is 2.25. The number of nitrogens with zero attached hydrogens (tertiary/aromatic N) is 2. The molecule has 2 aromatic carbocycles. The molecule has 1 aliphatic carbocycles. The summed E-state index contributed by atoms with van der Waals surface area (Å²) in [5, 5.41) is 7.14. The van der Waals surface area contributed by atoms with Crippen LogP contribution < -0.4 is 5.32 Å². The minimum atomic E-state index is -0.966. The monoisotopic (exact) mass is 381 g/mol. The van der Waals surface area contributed by atoms with Gasteiger partial charge in [-0.05, 0) is 50.5 Å². The first kappa shape index (κ1) is 18.0. The molecule has 0 spiro atoms. The summed E-state index contributed by atoms with van der Waals surface area (Å²) < 4.78 is 28.4. The number of rotatable bonds is 4. The summed E-state index contributed by atoms with van der Waals surface area (Å²) in [6.45, 7) is 1.46. The Morgan fingerprint density at radius 3 is 2.64 bits per heavy atom. The number of amides is 1. The average molecular weight is 381 g/mol. The van der Waals surface area contributed by atoms with Gasteiger partial charge in [-0.3, -0.25) is 9.59 Å². The quantitative estimate of drug-likeness (QED) is 0.692. The van der Waals surface area contributed by atoms with Gasteiger partial charge in [0.15, 0.2) is 23.1 Å². The molecular formula is C21H17F2N3O2. The highest BCUT2D eigenvalue weighted by atomic mass is 19.2. The highest BCUT2D eigenvalue weighted by Gasteiger charge is 2.27. The van der Waals surface area contributed by atoms with Crippen LogP contribution in [0.1, 0.15) is 45.4 Å². The van der Waals surface area contributed by atoms with Crippen LogP contribution in [0.2, 0.25) is 0 Å². The van der Waals surface area contributed by atoms with E-state index < -0.39 is 17.5 Å². The molecule has 142 valence electrons. The van der Waals surface area contributed by atoms with E-state index in [9.17, 15) is 18.4 Å². The fourth-order valence-corrected chi connectivity index (χ4v) is 3.46. The summed E-state index contributed by atoms with van der Waals surface area (Å²) >= 11 is 0. The van der Waals surface area contributed by atoms with Crippen molar-refractivity contribution in [1.29, 1.82) is 0 Å². The number of carbonyl (C=O) groups excluding carboxylic acids is 2. The molecule has 0 aliphatic heterocycles. The van der Waals surface area contributed by atoms with Gasteiger partial charge >= 0.3 is 0 Å². The second-order valence-electron chi connectivity index (χ2n) is 6.73. The van der Waals surface area contributed by atoms with Crippen molar-refractivity contribution in [3.8, 4) is 5.69 Å². The Morgan fingerprint density at radius 1 is 1.07 bits per heavy atom. The van der Waals surface area contributed by atoms with E-state index in [2.05, 4.69) is 10.4 Å². The molecule has 3 aromatic rings. The number of anilines is 1. The SMILES string of the molecule is CC(=O)c1cccc(NC(=O)c2nn(-c3ccc(F)c(F)c3)c3c2CCC3)c1. The van der Waals surface area contributed by atoms with Crippen molar-refractivity contribution in [2.45, 2.75) is 26.2 Å². The van der Waals surface area contributed by atoms with Gasteiger partial charge in [-0.2, -0.15) is 5.10 Å². The fourth-order valence-electron chi connectivity index (χ4n) is 3.46. The normalized spacial score (nSPS) is 12.7. The average Bonchev–Trinajstić information content (AvgIpc) is 3.27. The van der Waals surface area contributed by atoms with E-state index in [0.717, 1.165) is 29.8 Å². The molecule has 1 aliphatic rings. The molecule has 0 unspecified atom stereocenters. The van der Waals surface area contributed by atoms with Gasteiger partial charge in [0.05, 0.1) is 5.69 Å². The van der Waals surface area contributed by atoms with Crippen LogP contribution >= 0.6 is 0 Å². The zero-order valence-electron chi connectivity index (χ0n) is 15.1. The lowest BCUT2D eigenvalue weighted by molar-refractivity contribution is 0.100. The standard InChI is InChI=1S/C21H17F2N3O2/c1-12(27)13-4-2-5-14(10-13)24-21(28)20-16-6-3-7-19(16)26(25-20)15-8-9-17(22)18(23)11-15/h2,4-5,8-11H,3,6-7H2,1H3,(H,24,28). The third-order valence-corrected chi connectivity index (χ3v) is 4.82. The second-order valence-corrected chi connectivity index (χ2v) is 6.73. The van der Waals surface area contributed by atoms with E-state index >= 15 is 0 Å². The number of hydrogen-bond acceptors (Lipinski definition) is 3. The number of aromatic nitrogens is 2. The molecule has 0 atom stereocenters. The fraction of sp³-hybridized carbons (Fsp3) is 0.190. The number of Topliss-reactive ketones (excluding diaryl/α,β-unsaturated/α-hetero) is 1. The van der Waals surface area contributed by atoms with Crippen molar-refractivity contribution in [2.75, 3.05) is 5.32 Å². The molecule has 1 heterocycles. The summed E-state index contributed by atoms with van der Waals surface area (Å²) in [7, 11) is 0. The maximum absolute atomic E-state index is 13.6. The van der Waals surface area contributed by atoms with Crippen LogP contribution in [0, 0.1) is 11.6 Å². The minimum absolute atomic E-state index is 0.0976. The predicted octanol–water partition coefficient (Wildman–Crippen LogP) is 4.09. The predicted molar refractivity (Wildman–Crippen MR) is 99.9 cm³/mol. The smallest absolute Gasteiger partial charge is 0.276 e. The Morgan fingerprint density at radius 2 is 1.89 bits per heavy atom. The van der Waals surface area contributed by atoms with Gasteiger partial charge in [-0.25, -0.2) is 13.5 Å². The number of nitrogens with one attached hydrogen (secondary N) is 1. The molecule has 0 fully saturated rings. The summed E-state index contributed by atoms with van der Waals surface area (Å²) in [5.74, 6) is -2.40. The van der Waals surface area contributed by atoms with Crippen molar-refractivity contribution in [1.82, 2.24) is 9.78 Å². The van der Waals surface area contributed by atoms with E-state index in [4.69, 9.17) is 0 Å². The molecule has 0 radical (unpaired) electrons. The highest BCUT2D eigenvalue weighted by Crippen LogP contribution is 2.29. The van der Waals surface area contributed by atoms with Crippen LogP contribution in [0.4, 0.5) is 14.5 Å². The molecule has 0 saturated carbocycles. The van der Waals surface area contributed by atoms with Crippen molar-refractivity contribution in [2.24, 2.45) is 0 Å². The van der Waals surface area contributed by atoms with Crippen LogP contribution in [0.15, 0.2) is 42.5 Å². The highest BCUT2D eigenvalue weighted by molar-refractivity contribution is 6.05. The van der Waals surface area contributed by atoms with Gasteiger partial charge < -0.3 is 5.32 Å². The number of benzene rings is 2. The van der Waals surface area contributed by atoms with Crippen molar-refractivity contribution < 1.29 is 18.4 Å². The zero-order chi connectivity index (χ0) is 19.8. The summed E-state index contributed by atoms with van der Waals surface area (Å²) in [6, 6.07) is 10.2. The first-order valence-corrected chi connectivity index (χ1v) is 8.92. The van der Waals surface area contributed by atoms with E-state index in [1.165, 1.54) is 17.7 Å². The molecule has 0 bridgehead atoms. The summed E-state index contributed by atoms with van der Waals surface area (Å²) in [4.78, 5) is 24.3. The maximum atomic E-state index is 13.6. The number of carbonyl (C=O) groups is 2. The number of fused-ring (bicyclic) bond motifs is 1. The van der Waals surface area contributed by atoms with Gasteiger partial charge in [0.1, 0.15) is 0 Å². The van der Waals surface area contributed by atoms with Gasteiger partial charge in [0.25, 0.3) is 5.91 Å². The van der Waals surface area contributed by atoms with E-state index in [1.807, 2.05) is 0 Å². The second kappa shape index (κ2) is 6.99. The van der Waals surface area contributed by atoms with Crippen LogP contribution in [-0.2, 0) is 12.8 Å². The lowest BCUT2D eigenvalue weighted by Gasteiger charge is -2.07. The Hall–Kier alpha value is -3.35. The molecule has 28 heavy (non-hydrogen) atoms. The summed E-state index contributed by atoms with van der Waals surface area (Å²) in [5.41, 5.74) is 3.25. The van der Waals surface area contributed by atoms with Crippen molar-refractivity contribution in [3.63, 3.8) is 0 Å². The third kappa shape index (κ3) is 3.19. The van der Waals surface area contributed by atoms with Gasteiger partial charge in [0, 0.05) is 28.6 Å². The Kier molecular flexibility index (Phi) is 4.50. The Labute approximate surface area is 160 Å². The van der Waals surface area contributed by atoms with Crippen molar-refractivity contribution in [3.05, 3.63) is 76.6 Å². The topological polar surface area (TPSA) is 64.0 Å². The number of ketones is 1. The largest absolute Gasteiger partial charge is 0.321 e. The van der Waals surface area contributed by atoms with E-state index in [-0.39, 0.29) is 11.5 Å².